The first-order chi connectivity index (χ1) is 7.40. The first-order valence-corrected chi connectivity index (χ1v) is 6.30. The molecule has 7 heteroatoms. The van der Waals surface area contributed by atoms with E-state index in [1.807, 2.05) is 0 Å². The minimum atomic E-state index is -3.27. The zero-order chi connectivity index (χ0) is 12.2. The molecule has 0 fully saturated rings. The van der Waals surface area contributed by atoms with Gasteiger partial charge in [-0.15, -0.1) is 0 Å². The second-order valence-corrected chi connectivity index (χ2v) is 5.02. The van der Waals surface area contributed by atoms with Gasteiger partial charge in [0.2, 0.25) is 0 Å². The molecule has 0 saturated carbocycles. The fraction of sp³-hybridized carbons (Fsp3) is 0.222. The summed E-state index contributed by atoms with van der Waals surface area (Å²) in [5.41, 5.74) is 1.17. The molecule has 0 aliphatic heterocycles. The Morgan fingerprint density at radius 2 is 1.94 bits per heavy atom. The number of benzene rings is 1. The number of hydrogen-bond acceptors (Lipinski definition) is 3. The van der Waals surface area contributed by atoms with Gasteiger partial charge < -0.3 is 0 Å². The van der Waals surface area contributed by atoms with E-state index >= 15 is 0 Å². The van der Waals surface area contributed by atoms with Crippen LogP contribution in [-0.2, 0) is 21.2 Å². The quantitative estimate of drug-likeness (QED) is 0.773. The molecule has 1 radical (unpaired) electrons. The van der Waals surface area contributed by atoms with Crippen LogP contribution in [0.15, 0.2) is 29.2 Å². The van der Waals surface area contributed by atoms with E-state index in [0.29, 0.717) is 5.69 Å². The predicted octanol–water partition coefficient (Wildman–Crippen LogP) is 0.479. The van der Waals surface area contributed by atoms with Crippen molar-refractivity contribution in [3.05, 3.63) is 29.8 Å². The third-order valence-electron chi connectivity index (χ3n) is 1.76. The molecule has 0 unspecified atom stereocenters. The van der Waals surface area contributed by atoms with Crippen molar-refractivity contribution in [2.75, 3.05) is 11.0 Å². The Hall–Kier alpha value is -1.50. The van der Waals surface area contributed by atoms with E-state index in [1.165, 1.54) is 0 Å². The van der Waals surface area contributed by atoms with Crippen molar-refractivity contribution < 1.29 is 13.2 Å². The Morgan fingerprint density at radius 3 is 2.38 bits per heavy atom. The molecule has 1 aromatic rings. The number of amides is 1. The van der Waals surface area contributed by atoms with Crippen molar-refractivity contribution in [1.29, 1.82) is 0 Å². The third-order valence-corrected chi connectivity index (χ3v) is 2.36. The van der Waals surface area contributed by atoms with Crippen LogP contribution in [-0.4, -0.2) is 28.2 Å². The zero-order valence-corrected chi connectivity index (χ0v) is 9.49. The van der Waals surface area contributed by atoms with Gasteiger partial charge >= 0.3 is 94.6 Å². The van der Waals surface area contributed by atoms with Crippen LogP contribution >= 0.6 is 0 Å². The number of nitrogens with one attached hydrogen (secondary N) is 1. The summed E-state index contributed by atoms with van der Waals surface area (Å²) in [5.74, 6) is -0.427. The van der Waals surface area contributed by atoms with Gasteiger partial charge in [0.15, 0.2) is 0 Å². The summed E-state index contributed by atoms with van der Waals surface area (Å²) in [6, 6.07) is 6.41. The summed E-state index contributed by atoms with van der Waals surface area (Å²) in [4.78, 5) is 13.9. The summed E-state index contributed by atoms with van der Waals surface area (Å²) in [6.07, 6.45) is 1.17. The molecule has 1 N–H and O–H groups in total. The molecule has 0 atom stereocenters. The first kappa shape index (κ1) is 12.6. The van der Waals surface area contributed by atoms with Gasteiger partial charge in [-0.1, -0.05) is 0 Å². The van der Waals surface area contributed by atoms with E-state index in [1.54, 1.807) is 24.3 Å². The summed E-state index contributed by atoms with van der Waals surface area (Å²) < 4.78 is 24.1. The van der Waals surface area contributed by atoms with Crippen molar-refractivity contribution in [2.24, 2.45) is 4.90 Å². The second-order valence-electron chi connectivity index (χ2n) is 3.27. The number of rotatable bonds is 4. The van der Waals surface area contributed by atoms with Crippen molar-refractivity contribution >= 4 is 29.3 Å². The summed E-state index contributed by atoms with van der Waals surface area (Å²) in [6.45, 7) is 0. The van der Waals surface area contributed by atoms with Crippen LogP contribution in [0.3, 0.4) is 0 Å². The van der Waals surface area contributed by atoms with Crippen LogP contribution in [0.4, 0.5) is 5.69 Å². The molecule has 1 rings (SSSR count). The normalized spacial score (nSPS) is 10.8. The number of carbonyl (C=O) groups is 1. The Kier molecular flexibility index (Phi) is 3.95. The van der Waals surface area contributed by atoms with E-state index in [4.69, 9.17) is 7.64 Å². The number of hydrogen-bond donors (Lipinski definition) is 1. The molecule has 0 heterocycles. The Morgan fingerprint density at radius 1 is 1.38 bits per heavy atom. The number of nitrogens with zero attached hydrogens (tertiary/aromatic N) is 1. The molecule has 16 heavy (non-hydrogen) atoms. The van der Waals surface area contributed by atoms with Gasteiger partial charge in [0.05, 0.1) is 0 Å². The fourth-order valence-electron chi connectivity index (χ4n) is 1.12. The first-order valence-electron chi connectivity index (χ1n) is 4.41. The van der Waals surface area contributed by atoms with Crippen molar-refractivity contribution in [1.82, 2.24) is 0 Å². The Balaban J connectivity index is 2.75. The molecular formula is C9H10BN2O3S. The van der Waals surface area contributed by atoms with Crippen LogP contribution in [0.5, 0.6) is 0 Å². The van der Waals surface area contributed by atoms with Gasteiger partial charge in [-0.2, -0.15) is 0 Å². The maximum absolute atomic E-state index is 10.9. The molecule has 0 aliphatic rings. The fourth-order valence-corrected chi connectivity index (χ4v) is 1.69. The third kappa shape index (κ3) is 4.35. The monoisotopic (exact) mass is 237 g/mol. The van der Waals surface area contributed by atoms with E-state index in [0.717, 1.165) is 11.8 Å². The summed E-state index contributed by atoms with van der Waals surface area (Å²) >= 11 is 0. The van der Waals surface area contributed by atoms with Crippen molar-refractivity contribution in [2.45, 2.75) is 6.42 Å². The Bertz CT molecular complexity index is 496. The van der Waals surface area contributed by atoms with Gasteiger partial charge in [-0.3, -0.25) is 0 Å². The van der Waals surface area contributed by atoms with Crippen LogP contribution in [0.2, 0.25) is 0 Å². The van der Waals surface area contributed by atoms with Crippen molar-refractivity contribution in [3.8, 4) is 0 Å². The maximum atomic E-state index is 10.9. The topological polar surface area (TPSA) is 75.6 Å². The van der Waals surface area contributed by atoms with E-state index in [-0.39, 0.29) is 6.42 Å². The molecule has 0 bridgehead atoms. The van der Waals surface area contributed by atoms with E-state index in [9.17, 15) is 13.2 Å². The second kappa shape index (κ2) is 5.02. The standard InChI is InChI=1S/C9H10BN2O3S/c1-16(14,15)12-8-4-2-7(3-5-8)6-9(13)11-10/h2-5,12H,6H2,1H3. The van der Waals surface area contributed by atoms with Gasteiger partial charge in [-0.25, -0.2) is 0 Å². The average Bonchev–Trinajstić information content (AvgIpc) is 2.18. The van der Waals surface area contributed by atoms with E-state index in [2.05, 4.69) is 9.62 Å². The van der Waals surface area contributed by atoms with Gasteiger partial charge in [0, 0.05) is 0 Å². The number of anilines is 1. The number of sulfonamides is 1. The summed E-state index contributed by atoms with van der Waals surface area (Å²) in [7, 11) is 1.54. The van der Waals surface area contributed by atoms with Crippen LogP contribution < -0.4 is 4.72 Å². The van der Waals surface area contributed by atoms with E-state index < -0.39 is 15.9 Å². The number of carbonyl (C=O) groups excluding carboxylic acids is 1. The van der Waals surface area contributed by atoms with Crippen LogP contribution in [0.1, 0.15) is 5.56 Å². The molecule has 0 spiro atoms. The van der Waals surface area contributed by atoms with Gasteiger partial charge in [-0.05, 0) is 0 Å². The molecule has 0 aromatic heterocycles. The minimum absolute atomic E-state index is 0.107. The zero-order valence-electron chi connectivity index (χ0n) is 8.67. The molecule has 1 amide bonds. The van der Waals surface area contributed by atoms with Crippen LogP contribution in [0.25, 0.3) is 0 Å². The molecule has 83 valence electrons. The molecular weight excluding hydrogens is 227 g/mol. The predicted molar refractivity (Wildman–Crippen MR) is 61.8 cm³/mol. The molecule has 1 aromatic carbocycles. The average molecular weight is 237 g/mol. The molecule has 0 aliphatic carbocycles. The molecule has 0 saturated heterocycles. The Labute approximate surface area is 95.0 Å². The summed E-state index contributed by atoms with van der Waals surface area (Å²) in [5, 5.41) is 0. The van der Waals surface area contributed by atoms with Gasteiger partial charge in [0.1, 0.15) is 0 Å². The van der Waals surface area contributed by atoms with Crippen molar-refractivity contribution in [3.63, 3.8) is 0 Å². The van der Waals surface area contributed by atoms with Gasteiger partial charge in [0.25, 0.3) is 0 Å². The SMILES string of the molecule is [B]=NC(=O)Cc1ccc(NS(C)(=O)=O)cc1. The molecule has 5 nitrogen and oxygen atoms in total. The van der Waals surface area contributed by atoms with Crippen LogP contribution in [0, 0.1) is 0 Å².